The molecule has 1 fully saturated rings. The highest BCUT2D eigenvalue weighted by atomic mass is 35.5. The Bertz CT molecular complexity index is 1130. The Morgan fingerprint density at radius 2 is 1.77 bits per heavy atom. The molecule has 1 aliphatic rings. The number of benzene rings is 2. The molecule has 0 radical (unpaired) electrons. The predicted octanol–water partition coefficient (Wildman–Crippen LogP) is 4.87. The minimum Gasteiger partial charge on any atom is -0.506 e. The SMILES string of the molecule is COc1ccc(C(O)=C2C(=O)CCCC2=O)c(Cl)c1N=S(C)(=O)Cc1ccccc1. The first-order valence-electron chi connectivity index (χ1n) is 9.34. The summed E-state index contributed by atoms with van der Waals surface area (Å²) >= 11 is 6.50. The molecule has 1 saturated carbocycles. The van der Waals surface area contributed by atoms with Crippen LogP contribution in [0.4, 0.5) is 5.69 Å². The van der Waals surface area contributed by atoms with Crippen LogP contribution < -0.4 is 4.74 Å². The van der Waals surface area contributed by atoms with Crippen molar-refractivity contribution in [3.63, 3.8) is 0 Å². The molecule has 1 aliphatic carbocycles. The first-order chi connectivity index (χ1) is 14.2. The Kier molecular flexibility index (Phi) is 6.63. The molecule has 30 heavy (non-hydrogen) atoms. The van der Waals surface area contributed by atoms with Crippen LogP contribution in [0.25, 0.3) is 5.76 Å². The van der Waals surface area contributed by atoms with E-state index in [0.717, 1.165) is 5.56 Å². The number of methoxy groups -OCH3 is 1. The van der Waals surface area contributed by atoms with E-state index in [2.05, 4.69) is 4.36 Å². The molecule has 8 heteroatoms. The van der Waals surface area contributed by atoms with Gasteiger partial charge >= 0.3 is 0 Å². The van der Waals surface area contributed by atoms with Crippen molar-refractivity contribution < 1.29 is 23.6 Å². The zero-order chi connectivity index (χ0) is 21.9. The number of rotatable bonds is 5. The fourth-order valence-electron chi connectivity index (χ4n) is 3.30. The second kappa shape index (κ2) is 9.02. The lowest BCUT2D eigenvalue weighted by atomic mass is 9.89. The minimum absolute atomic E-state index is 0.0341. The van der Waals surface area contributed by atoms with Gasteiger partial charge in [0, 0.05) is 24.7 Å². The van der Waals surface area contributed by atoms with E-state index in [1.807, 2.05) is 30.3 Å². The topological polar surface area (TPSA) is 93.0 Å². The highest BCUT2D eigenvalue weighted by molar-refractivity contribution is 7.92. The number of ether oxygens (including phenoxy) is 1. The van der Waals surface area contributed by atoms with Gasteiger partial charge in [-0.25, -0.2) is 4.21 Å². The van der Waals surface area contributed by atoms with Crippen molar-refractivity contribution in [3.8, 4) is 5.75 Å². The molecule has 0 bridgehead atoms. The molecule has 2 aromatic carbocycles. The summed E-state index contributed by atoms with van der Waals surface area (Å²) in [7, 11) is -1.33. The number of ketones is 2. The lowest BCUT2D eigenvalue weighted by Crippen LogP contribution is -2.20. The molecule has 1 N–H and O–H groups in total. The number of allylic oxidation sites excluding steroid dienone is 1. The van der Waals surface area contributed by atoms with Gasteiger partial charge in [0.05, 0.1) is 27.6 Å². The summed E-state index contributed by atoms with van der Waals surface area (Å²) in [5, 5.41) is 10.7. The lowest BCUT2D eigenvalue weighted by molar-refractivity contribution is -0.123. The van der Waals surface area contributed by atoms with E-state index >= 15 is 0 Å². The van der Waals surface area contributed by atoms with E-state index in [-0.39, 0.29) is 46.2 Å². The third-order valence-electron chi connectivity index (χ3n) is 4.72. The molecule has 2 aromatic rings. The van der Waals surface area contributed by atoms with Crippen LogP contribution in [0.1, 0.15) is 30.4 Å². The fraction of sp³-hybridized carbons (Fsp3) is 0.273. The van der Waals surface area contributed by atoms with Crippen molar-refractivity contribution >= 4 is 44.3 Å². The Labute approximate surface area is 180 Å². The van der Waals surface area contributed by atoms with Crippen LogP contribution in [0.3, 0.4) is 0 Å². The van der Waals surface area contributed by atoms with E-state index in [1.54, 1.807) is 0 Å². The molecule has 0 spiro atoms. The van der Waals surface area contributed by atoms with Crippen LogP contribution in [0.5, 0.6) is 5.75 Å². The van der Waals surface area contributed by atoms with E-state index in [4.69, 9.17) is 16.3 Å². The second-order valence-electron chi connectivity index (χ2n) is 7.08. The van der Waals surface area contributed by atoms with Crippen LogP contribution in [0.15, 0.2) is 52.4 Å². The van der Waals surface area contributed by atoms with Crippen molar-refractivity contribution in [2.75, 3.05) is 13.4 Å². The molecule has 0 aromatic heterocycles. The Morgan fingerprint density at radius 3 is 2.37 bits per heavy atom. The van der Waals surface area contributed by atoms with Gasteiger partial charge in [0.25, 0.3) is 0 Å². The van der Waals surface area contributed by atoms with E-state index in [1.165, 1.54) is 25.5 Å². The number of aliphatic hydroxyl groups is 1. The lowest BCUT2D eigenvalue weighted by Gasteiger charge is -2.16. The summed E-state index contributed by atoms with van der Waals surface area (Å²) in [6, 6.07) is 12.2. The predicted molar refractivity (Wildman–Crippen MR) is 118 cm³/mol. The van der Waals surface area contributed by atoms with E-state index in [0.29, 0.717) is 6.42 Å². The molecule has 6 nitrogen and oxygen atoms in total. The van der Waals surface area contributed by atoms with Gasteiger partial charge in [-0.15, -0.1) is 0 Å². The average molecular weight is 448 g/mol. The zero-order valence-corrected chi connectivity index (χ0v) is 18.3. The number of aliphatic hydroxyl groups excluding tert-OH is 1. The highest BCUT2D eigenvalue weighted by Gasteiger charge is 2.29. The van der Waals surface area contributed by atoms with Crippen molar-refractivity contribution in [1.29, 1.82) is 0 Å². The van der Waals surface area contributed by atoms with Crippen LogP contribution in [0.2, 0.25) is 5.02 Å². The number of hydrogen-bond donors (Lipinski definition) is 1. The molecule has 3 rings (SSSR count). The van der Waals surface area contributed by atoms with Gasteiger partial charge in [-0.2, -0.15) is 4.36 Å². The van der Waals surface area contributed by atoms with Gasteiger partial charge in [-0.05, 0) is 24.1 Å². The molecule has 1 atom stereocenters. The third-order valence-corrected chi connectivity index (χ3v) is 6.54. The molecule has 0 amide bonds. The molecule has 158 valence electrons. The van der Waals surface area contributed by atoms with Crippen LogP contribution in [-0.4, -0.2) is 34.2 Å². The number of carbonyl (C=O) groups excluding carboxylic acids is 2. The number of hydrogen-bond acceptors (Lipinski definition) is 6. The maximum absolute atomic E-state index is 13.2. The maximum Gasteiger partial charge on any atom is 0.170 e. The van der Waals surface area contributed by atoms with Crippen molar-refractivity contribution in [1.82, 2.24) is 0 Å². The number of Topliss-reactive ketones (excluding diaryl/α,β-unsaturated/α-hetero) is 2. The quantitative estimate of drug-likeness (QED) is 0.401. The van der Waals surface area contributed by atoms with Crippen LogP contribution >= 0.6 is 11.6 Å². The monoisotopic (exact) mass is 447 g/mol. The summed E-state index contributed by atoms with van der Waals surface area (Å²) < 4.78 is 22.8. The molecule has 1 unspecified atom stereocenters. The van der Waals surface area contributed by atoms with Gasteiger partial charge in [0.2, 0.25) is 0 Å². The Hall–Kier alpha value is -2.64. The molecular weight excluding hydrogens is 426 g/mol. The Balaban J connectivity index is 2.13. The molecule has 0 saturated heterocycles. The normalized spacial score (nSPS) is 16.2. The van der Waals surface area contributed by atoms with Crippen LogP contribution in [-0.2, 0) is 25.1 Å². The summed E-state index contributed by atoms with van der Waals surface area (Å²) in [4.78, 5) is 24.4. The summed E-state index contributed by atoms with van der Waals surface area (Å²) in [5.41, 5.74) is 0.775. The van der Waals surface area contributed by atoms with E-state index < -0.39 is 27.1 Å². The number of nitrogens with zero attached hydrogens (tertiary/aromatic N) is 1. The number of carbonyl (C=O) groups is 2. The first-order valence-corrected chi connectivity index (χ1v) is 11.8. The zero-order valence-electron chi connectivity index (χ0n) is 16.7. The van der Waals surface area contributed by atoms with Gasteiger partial charge in [-0.1, -0.05) is 41.9 Å². The first kappa shape index (κ1) is 22.1. The fourth-order valence-corrected chi connectivity index (χ4v) is 5.08. The van der Waals surface area contributed by atoms with E-state index in [9.17, 15) is 18.9 Å². The highest BCUT2D eigenvalue weighted by Crippen LogP contribution is 2.42. The summed E-state index contributed by atoms with van der Waals surface area (Å²) in [6.07, 6.45) is 2.35. The van der Waals surface area contributed by atoms with Crippen LogP contribution in [0, 0.1) is 0 Å². The maximum atomic E-state index is 13.2. The summed E-state index contributed by atoms with van der Waals surface area (Å²) in [6.45, 7) is 0. The smallest absolute Gasteiger partial charge is 0.170 e. The van der Waals surface area contributed by atoms with Crippen molar-refractivity contribution in [2.24, 2.45) is 4.36 Å². The van der Waals surface area contributed by atoms with Crippen molar-refractivity contribution in [2.45, 2.75) is 25.0 Å². The average Bonchev–Trinajstić information content (AvgIpc) is 2.69. The van der Waals surface area contributed by atoms with Gasteiger partial charge < -0.3 is 9.84 Å². The molecule has 0 aliphatic heterocycles. The van der Waals surface area contributed by atoms with Gasteiger partial charge in [0.15, 0.2) is 11.6 Å². The number of halogens is 1. The van der Waals surface area contributed by atoms with Gasteiger partial charge in [0.1, 0.15) is 22.8 Å². The largest absolute Gasteiger partial charge is 0.506 e. The summed E-state index contributed by atoms with van der Waals surface area (Å²) in [5.74, 6) is -0.860. The Morgan fingerprint density at radius 1 is 1.13 bits per heavy atom. The minimum atomic E-state index is -2.75. The standard InChI is InChI=1S/C22H22ClNO5S/c1-29-18-12-11-15(22(27)19-16(25)9-6-10-17(19)26)20(23)21(18)24-30(2,28)13-14-7-4-3-5-8-14/h3-5,7-8,11-12,27H,6,9-10,13H2,1-2H3. The molecule has 0 heterocycles. The third kappa shape index (κ3) is 4.74. The van der Waals surface area contributed by atoms with Crippen molar-refractivity contribution in [3.05, 3.63) is 64.2 Å². The molecular formula is C22H22ClNO5S. The van der Waals surface area contributed by atoms with Gasteiger partial charge in [-0.3, -0.25) is 9.59 Å². The second-order valence-corrected chi connectivity index (χ2v) is 9.85.